The van der Waals surface area contributed by atoms with Crippen LogP contribution in [0.1, 0.15) is 17.8 Å². The topological polar surface area (TPSA) is 58.2 Å². The highest BCUT2D eigenvalue weighted by atomic mass is 35.5. The van der Waals surface area contributed by atoms with Crippen LogP contribution >= 0.6 is 22.9 Å². The van der Waals surface area contributed by atoms with Crippen LogP contribution in [-0.4, -0.2) is 15.5 Å². The van der Waals surface area contributed by atoms with Gasteiger partial charge >= 0.3 is 0 Å². The molecule has 0 radical (unpaired) electrons. The minimum atomic E-state index is -3.39. The van der Waals surface area contributed by atoms with Gasteiger partial charge in [0.05, 0.1) is 15.3 Å². The van der Waals surface area contributed by atoms with Crippen molar-refractivity contribution in [1.82, 2.24) is 4.72 Å². The van der Waals surface area contributed by atoms with Gasteiger partial charge in [-0.3, -0.25) is 0 Å². The fourth-order valence-electron chi connectivity index (χ4n) is 1.73. The first-order valence-electron chi connectivity index (χ1n) is 5.98. The van der Waals surface area contributed by atoms with Gasteiger partial charge in [-0.25, -0.2) is 13.1 Å². The zero-order valence-electron chi connectivity index (χ0n) is 11.1. The normalized spacial score (nSPS) is 13.2. The molecule has 0 amide bonds. The third-order valence-electron chi connectivity index (χ3n) is 2.84. The molecule has 2 aromatic rings. The summed E-state index contributed by atoms with van der Waals surface area (Å²) >= 11 is 7.43. The van der Waals surface area contributed by atoms with E-state index in [1.807, 2.05) is 19.1 Å². The predicted molar refractivity (Wildman–Crippen MR) is 84.1 cm³/mol. The molecule has 0 spiro atoms. The number of anilines is 1. The number of sulfonamides is 1. The molecule has 2 rings (SSSR count). The molecule has 0 fully saturated rings. The van der Waals surface area contributed by atoms with E-state index in [9.17, 15) is 8.42 Å². The van der Waals surface area contributed by atoms with Crippen molar-refractivity contribution in [2.45, 2.75) is 17.9 Å². The summed E-state index contributed by atoms with van der Waals surface area (Å²) in [5.41, 5.74) is 0.858. The summed E-state index contributed by atoms with van der Waals surface area (Å²) < 4.78 is 26.3. The van der Waals surface area contributed by atoms with Crippen LogP contribution in [0, 0.1) is 0 Å². The van der Waals surface area contributed by atoms with Crippen molar-refractivity contribution in [3.8, 4) is 0 Å². The summed E-state index contributed by atoms with van der Waals surface area (Å²) in [4.78, 5) is 1.37. The molecule has 0 aliphatic rings. The van der Waals surface area contributed by atoms with E-state index >= 15 is 0 Å². The van der Waals surface area contributed by atoms with E-state index in [1.165, 1.54) is 18.4 Å². The molecule has 1 atom stereocenters. The highest BCUT2D eigenvalue weighted by molar-refractivity contribution is 7.89. The average Bonchev–Trinajstić information content (AvgIpc) is 2.86. The van der Waals surface area contributed by atoms with E-state index in [0.717, 1.165) is 14.9 Å². The first kappa shape index (κ1) is 15.3. The molecule has 20 heavy (non-hydrogen) atoms. The molecule has 0 aliphatic carbocycles. The first-order chi connectivity index (χ1) is 9.42. The Balaban J connectivity index is 2.11. The quantitative estimate of drug-likeness (QED) is 0.882. The van der Waals surface area contributed by atoms with Crippen LogP contribution in [0.15, 0.2) is 41.3 Å². The Morgan fingerprint density at radius 3 is 2.30 bits per heavy atom. The maximum atomic E-state index is 11.6. The monoisotopic (exact) mass is 330 g/mol. The van der Waals surface area contributed by atoms with Crippen LogP contribution in [0.25, 0.3) is 0 Å². The van der Waals surface area contributed by atoms with Gasteiger partial charge in [-0.1, -0.05) is 11.6 Å². The molecule has 4 nitrogen and oxygen atoms in total. The third-order valence-corrected chi connectivity index (χ3v) is 5.68. The molecule has 0 aliphatic heterocycles. The second-order valence-corrected chi connectivity index (χ2v) is 7.87. The van der Waals surface area contributed by atoms with Crippen molar-refractivity contribution in [2.24, 2.45) is 0 Å². The lowest BCUT2D eigenvalue weighted by Gasteiger charge is -2.14. The van der Waals surface area contributed by atoms with E-state index < -0.39 is 10.0 Å². The zero-order chi connectivity index (χ0) is 14.8. The van der Waals surface area contributed by atoms with Gasteiger partial charge in [-0.15, -0.1) is 11.3 Å². The van der Waals surface area contributed by atoms with Crippen molar-refractivity contribution < 1.29 is 8.42 Å². The molecule has 1 unspecified atom stereocenters. The van der Waals surface area contributed by atoms with Crippen molar-refractivity contribution in [3.05, 3.63) is 45.6 Å². The fraction of sp³-hybridized carbons (Fsp3) is 0.231. The second-order valence-electron chi connectivity index (χ2n) is 4.24. The Morgan fingerprint density at radius 1 is 1.15 bits per heavy atom. The van der Waals surface area contributed by atoms with Crippen molar-refractivity contribution >= 4 is 38.6 Å². The Morgan fingerprint density at radius 2 is 1.80 bits per heavy atom. The molecular weight excluding hydrogens is 316 g/mol. The molecule has 7 heteroatoms. The number of rotatable bonds is 5. The largest absolute Gasteiger partial charge is 0.378 e. The first-order valence-corrected chi connectivity index (χ1v) is 8.65. The van der Waals surface area contributed by atoms with E-state index in [4.69, 9.17) is 11.6 Å². The van der Waals surface area contributed by atoms with Crippen LogP contribution in [0.3, 0.4) is 0 Å². The smallest absolute Gasteiger partial charge is 0.240 e. The molecule has 108 valence electrons. The lowest BCUT2D eigenvalue weighted by molar-refractivity contribution is 0.588. The molecule has 0 saturated carbocycles. The summed E-state index contributed by atoms with van der Waals surface area (Å²) in [5, 5.41) is 3.30. The summed E-state index contributed by atoms with van der Waals surface area (Å²) in [6, 6.07) is 10.6. The zero-order valence-corrected chi connectivity index (χ0v) is 13.4. The highest BCUT2D eigenvalue weighted by Gasteiger charge is 2.12. The summed E-state index contributed by atoms with van der Waals surface area (Å²) in [7, 11) is -1.99. The van der Waals surface area contributed by atoms with E-state index in [-0.39, 0.29) is 10.9 Å². The van der Waals surface area contributed by atoms with Gasteiger partial charge in [0.1, 0.15) is 0 Å². The molecular formula is C13H15ClN2O2S2. The molecule has 1 aromatic carbocycles. The highest BCUT2D eigenvalue weighted by Crippen LogP contribution is 2.29. The van der Waals surface area contributed by atoms with E-state index in [0.29, 0.717) is 0 Å². The predicted octanol–water partition coefficient (Wildman–Crippen LogP) is 3.48. The number of hydrogen-bond acceptors (Lipinski definition) is 4. The number of benzene rings is 1. The minimum Gasteiger partial charge on any atom is -0.378 e. The average molecular weight is 331 g/mol. The van der Waals surface area contributed by atoms with Crippen LogP contribution in [0.2, 0.25) is 4.34 Å². The molecule has 1 heterocycles. The van der Waals surface area contributed by atoms with Gasteiger partial charge in [-0.2, -0.15) is 0 Å². The fourth-order valence-corrected chi connectivity index (χ4v) is 3.52. The summed E-state index contributed by atoms with van der Waals surface area (Å²) in [6.07, 6.45) is 0. The van der Waals surface area contributed by atoms with E-state index in [2.05, 4.69) is 10.0 Å². The Bertz CT molecular complexity index is 681. The van der Waals surface area contributed by atoms with E-state index in [1.54, 1.807) is 24.3 Å². The molecule has 2 N–H and O–H groups in total. The summed E-state index contributed by atoms with van der Waals surface area (Å²) in [6.45, 7) is 2.03. The van der Waals surface area contributed by atoms with Gasteiger partial charge in [0, 0.05) is 10.6 Å². The second kappa shape index (κ2) is 6.13. The maximum absolute atomic E-state index is 11.6. The molecule has 0 bridgehead atoms. The van der Waals surface area contributed by atoms with Gasteiger partial charge in [0.25, 0.3) is 0 Å². The van der Waals surface area contributed by atoms with Crippen molar-refractivity contribution in [1.29, 1.82) is 0 Å². The van der Waals surface area contributed by atoms with Crippen LogP contribution < -0.4 is 10.0 Å². The lowest BCUT2D eigenvalue weighted by Crippen LogP contribution is -2.18. The Hall–Kier alpha value is -1.08. The minimum absolute atomic E-state index is 0.110. The third kappa shape index (κ3) is 3.52. The van der Waals surface area contributed by atoms with Gasteiger partial charge < -0.3 is 5.32 Å². The SMILES string of the molecule is CNS(=O)(=O)c1ccc(NC(C)c2ccc(Cl)s2)cc1. The van der Waals surface area contributed by atoms with Gasteiger partial charge in [0.15, 0.2) is 0 Å². The number of thiophene rings is 1. The standard InChI is InChI=1S/C13H15ClN2O2S2/c1-9(12-7-8-13(14)19-12)16-10-3-5-11(6-4-10)20(17,18)15-2/h3-9,15-16H,1-2H3. The molecule has 0 saturated heterocycles. The Labute approximate surface area is 127 Å². The van der Waals surface area contributed by atoms with Crippen molar-refractivity contribution in [3.63, 3.8) is 0 Å². The van der Waals surface area contributed by atoms with Gasteiger partial charge in [0.2, 0.25) is 10.0 Å². The molecule has 1 aromatic heterocycles. The number of nitrogens with one attached hydrogen (secondary N) is 2. The van der Waals surface area contributed by atoms with Crippen molar-refractivity contribution in [2.75, 3.05) is 12.4 Å². The summed E-state index contributed by atoms with van der Waals surface area (Å²) in [5.74, 6) is 0. The van der Waals surface area contributed by atoms with Crippen LogP contribution in [0.4, 0.5) is 5.69 Å². The number of halogens is 1. The van der Waals surface area contributed by atoms with Crippen LogP contribution in [-0.2, 0) is 10.0 Å². The maximum Gasteiger partial charge on any atom is 0.240 e. The van der Waals surface area contributed by atoms with Gasteiger partial charge in [-0.05, 0) is 50.4 Å². The Kier molecular flexibility index (Phi) is 4.70. The van der Waals surface area contributed by atoms with Crippen LogP contribution in [0.5, 0.6) is 0 Å². The lowest BCUT2D eigenvalue weighted by atomic mass is 10.2. The number of hydrogen-bond donors (Lipinski definition) is 2.